The largest absolute Gasteiger partial charge is 0.469 e. The van der Waals surface area contributed by atoms with Gasteiger partial charge < -0.3 is 20.1 Å². The Hall–Kier alpha value is -1.92. The van der Waals surface area contributed by atoms with E-state index in [4.69, 9.17) is 9.47 Å². The molecule has 1 aromatic rings. The second-order valence-electron chi connectivity index (χ2n) is 5.27. The smallest absolute Gasteiger partial charge is 0.310 e. The summed E-state index contributed by atoms with van der Waals surface area (Å²) in [5.41, 5.74) is 0.859. The molecule has 0 aliphatic carbocycles. The molecule has 2 rings (SSSR count). The number of ether oxygens (including phenoxy) is 2. The van der Waals surface area contributed by atoms with Gasteiger partial charge in [-0.05, 0) is 12.5 Å². The van der Waals surface area contributed by atoms with Crippen molar-refractivity contribution in [1.82, 2.24) is 10.6 Å². The van der Waals surface area contributed by atoms with Gasteiger partial charge in [0.25, 0.3) is 5.91 Å². The van der Waals surface area contributed by atoms with Crippen LogP contribution in [0.15, 0.2) is 30.3 Å². The number of hydrogen-bond acceptors (Lipinski definition) is 5. The van der Waals surface area contributed by atoms with E-state index in [0.717, 1.165) is 12.1 Å². The molecule has 3 atom stereocenters. The lowest BCUT2D eigenvalue weighted by molar-refractivity contribution is -0.146. The number of rotatable bonds is 5. The molecule has 6 heteroatoms. The van der Waals surface area contributed by atoms with Crippen molar-refractivity contribution in [3.05, 3.63) is 35.9 Å². The van der Waals surface area contributed by atoms with Gasteiger partial charge in [-0.15, -0.1) is 0 Å². The lowest BCUT2D eigenvalue weighted by Gasteiger charge is -2.28. The number of esters is 1. The van der Waals surface area contributed by atoms with Crippen LogP contribution in [0, 0.1) is 5.92 Å². The Morgan fingerprint density at radius 2 is 2.09 bits per heavy atom. The molecule has 1 heterocycles. The van der Waals surface area contributed by atoms with Crippen molar-refractivity contribution in [3.63, 3.8) is 0 Å². The zero-order valence-electron chi connectivity index (χ0n) is 12.9. The van der Waals surface area contributed by atoms with Crippen molar-refractivity contribution in [2.75, 3.05) is 26.8 Å². The quantitative estimate of drug-likeness (QED) is 0.781. The fourth-order valence-corrected chi connectivity index (χ4v) is 2.46. The lowest BCUT2D eigenvalue weighted by Crippen LogP contribution is -2.49. The lowest BCUT2D eigenvalue weighted by atomic mass is 9.94. The average Bonchev–Trinajstić information content (AvgIpc) is 2.59. The molecule has 3 unspecified atom stereocenters. The Balaban J connectivity index is 2.13. The summed E-state index contributed by atoms with van der Waals surface area (Å²) in [4.78, 5) is 24.2. The van der Waals surface area contributed by atoms with E-state index in [1.165, 1.54) is 7.11 Å². The highest BCUT2D eigenvalue weighted by Gasteiger charge is 2.31. The molecule has 1 aromatic carbocycles. The number of methoxy groups -OCH3 is 1. The van der Waals surface area contributed by atoms with E-state index in [2.05, 4.69) is 10.6 Å². The highest BCUT2D eigenvalue weighted by molar-refractivity contribution is 5.83. The third-order valence-electron chi connectivity index (χ3n) is 3.75. The summed E-state index contributed by atoms with van der Waals surface area (Å²) in [5, 5.41) is 6.03. The molecule has 1 saturated heterocycles. The molecule has 0 bridgehead atoms. The molecule has 0 aromatic heterocycles. The van der Waals surface area contributed by atoms with Crippen molar-refractivity contribution in [2.45, 2.75) is 19.1 Å². The number of morpholine rings is 1. The number of amides is 1. The normalized spacial score (nSPS) is 20.7. The predicted molar refractivity (Wildman–Crippen MR) is 81.1 cm³/mol. The van der Waals surface area contributed by atoms with Crippen LogP contribution in [0.4, 0.5) is 0 Å². The molecule has 1 aliphatic rings. The zero-order chi connectivity index (χ0) is 15.9. The van der Waals surface area contributed by atoms with Crippen LogP contribution in [-0.4, -0.2) is 44.8 Å². The molecule has 1 fully saturated rings. The highest BCUT2D eigenvalue weighted by Crippen LogP contribution is 2.23. The number of hydrogen-bond donors (Lipinski definition) is 2. The summed E-state index contributed by atoms with van der Waals surface area (Å²) in [5.74, 6) is -1.08. The molecule has 1 amide bonds. The van der Waals surface area contributed by atoms with Gasteiger partial charge in [0.05, 0.1) is 25.7 Å². The van der Waals surface area contributed by atoms with Crippen LogP contribution in [0.1, 0.15) is 18.5 Å². The van der Waals surface area contributed by atoms with E-state index in [0.29, 0.717) is 13.2 Å². The Labute approximate surface area is 130 Å². The van der Waals surface area contributed by atoms with Gasteiger partial charge in [0.2, 0.25) is 0 Å². The summed E-state index contributed by atoms with van der Waals surface area (Å²) in [6.07, 6.45) is -0.537. The molecule has 0 saturated carbocycles. The van der Waals surface area contributed by atoms with Crippen LogP contribution in [0.2, 0.25) is 0 Å². The van der Waals surface area contributed by atoms with Gasteiger partial charge in [0.1, 0.15) is 6.10 Å². The van der Waals surface area contributed by atoms with Crippen LogP contribution in [0.5, 0.6) is 0 Å². The first-order valence-electron chi connectivity index (χ1n) is 7.39. The molecule has 22 heavy (non-hydrogen) atoms. The third-order valence-corrected chi connectivity index (χ3v) is 3.75. The minimum absolute atomic E-state index is 0.225. The third kappa shape index (κ3) is 4.05. The predicted octanol–water partition coefficient (Wildman–Crippen LogP) is 0.641. The van der Waals surface area contributed by atoms with Crippen molar-refractivity contribution in [2.24, 2.45) is 5.92 Å². The first kappa shape index (κ1) is 16.5. The number of benzene rings is 1. The fourth-order valence-electron chi connectivity index (χ4n) is 2.46. The topological polar surface area (TPSA) is 76.7 Å². The maximum Gasteiger partial charge on any atom is 0.310 e. The molecule has 120 valence electrons. The summed E-state index contributed by atoms with van der Waals surface area (Å²) in [6.45, 7) is 3.45. The minimum Gasteiger partial charge on any atom is -0.469 e. The van der Waals surface area contributed by atoms with Gasteiger partial charge in [-0.3, -0.25) is 9.59 Å². The molecule has 0 spiro atoms. The monoisotopic (exact) mass is 306 g/mol. The summed E-state index contributed by atoms with van der Waals surface area (Å²) in [6, 6.07) is 8.94. The fraction of sp³-hybridized carbons (Fsp3) is 0.500. The molecule has 6 nitrogen and oxygen atoms in total. The van der Waals surface area contributed by atoms with Crippen LogP contribution < -0.4 is 10.6 Å². The van der Waals surface area contributed by atoms with Crippen molar-refractivity contribution in [1.29, 1.82) is 0 Å². The maximum absolute atomic E-state index is 12.4. The SMILES string of the molecule is COC(=O)C(C)C(NC(=O)C1CNCCO1)c1ccccc1. The Morgan fingerprint density at radius 3 is 2.68 bits per heavy atom. The average molecular weight is 306 g/mol. The van der Waals surface area contributed by atoms with E-state index >= 15 is 0 Å². The zero-order valence-corrected chi connectivity index (χ0v) is 12.9. The van der Waals surface area contributed by atoms with Gasteiger partial charge in [-0.1, -0.05) is 30.3 Å². The second-order valence-corrected chi connectivity index (χ2v) is 5.27. The highest BCUT2D eigenvalue weighted by atomic mass is 16.5. The van der Waals surface area contributed by atoms with Gasteiger partial charge in [-0.25, -0.2) is 0 Å². The van der Waals surface area contributed by atoms with Gasteiger partial charge in [-0.2, -0.15) is 0 Å². The van der Waals surface area contributed by atoms with Gasteiger partial charge in [0, 0.05) is 13.1 Å². The standard InChI is InChI=1S/C16H22N2O4/c1-11(16(20)21-2)14(12-6-4-3-5-7-12)18-15(19)13-10-17-8-9-22-13/h3-7,11,13-14,17H,8-10H2,1-2H3,(H,18,19). The molecular formula is C16H22N2O4. The second kappa shape index (κ2) is 7.91. The molecule has 2 N–H and O–H groups in total. The van der Waals surface area contributed by atoms with E-state index < -0.39 is 18.1 Å². The van der Waals surface area contributed by atoms with Crippen LogP contribution >= 0.6 is 0 Å². The van der Waals surface area contributed by atoms with Gasteiger partial charge >= 0.3 is 5.97 Å². The maximum atomic E-state index is 12.4. The Morgan fingerprint density at radius 1 is 1.36 bits per heavy atom. The molecule has 0 radical (unpaired) electrons. The molecule has 1 aliphatic heterocycles. The number of carbonyl (C=O) groups excluding carboxylic acids is 2. The van der Waals surface area contributed by atoms with Crippen LogP contribution in [0.25, 0.3) is 0 Å². The van der Waals surface area contributed by atoms with Gasteiger partial charge in [0.15, 0.2) is 0 Å². The van der Waals surface area contributed by atoms with Crippen LogP contribution in [-0.2, 0) is 19.1 Å². The van der Waals surface area contributed by atoms with Crippen molar-refractivity contribution < 1.29 is 19.1 Å². The van der Waals surface area contributed by atoms with Crippen LogP contribution in [0.3, 0.4) is 0 Å². The Bertz CT molecular complexity index is 500. The first-order valence-corrected chi connectivity index (χ1v) is 7.39. The number of carbonyl (C=O) groups is 2. The van der Waals surface area contributed by atoms with Crippen molar-refractivity contribution in [3.8, 4) is 0 Å². The summed E-state index contributed by atoms with van der Waals surface area (Å²) in [7, 11) is 1.34. The Kier molecular flexibility index (Phi) is 5.91. The van der Waals surface area contributed by atoms with E-state index in [-0.39, 0.29) is 11.9 Å². The molecular weight excluding hydrogens is 284 g/mol. The summed E-state index contributed by atoms with van der Waals surface area (Å²) < 4.78 is 10.3. The van der Waals surface area contributed by atoms with Crippen molar-refractivity contribution >= 4 is 11.9 Å². The van der Waals surface area contributed by atoms with E-state index in [9.17, 15) is 9.59 Å². The number of nitrogens with one attached hydrogen (secondary N) is 2. The summed E-state index contributed by atoms with van der Waals surface area (Å²) >= 11 is 0. The minimum atomic E-state index is -0.537. The first-order chi connectivity index (χ1) is 10.6. The van der Waals surface area contributed by atoms with E-state index in [1.807, 2.05) is 30.3 Å². The van der Waals surface area contributed by atoms with E-state index in [1.54, 1.807) is 6.92 Å².